The van der Waals surface area contributed by atoms with Crippen molar-refractivity contribution in [1.29, 1.82) is 0 Å². The largest absolute Gasteiger partial charge is 0.329 e. The lowest BCUT2D eigenvalue weighted by molar-refractivity contribution is 0.370. The fourth-order valence-corrected chi connectivity index (χ4v) is 2.79. The van der Waals surface area contributed by atoms with Gasteiger partial charge in [-0.3, -0.25) is 4.57 Å². The van der Waals surface area contributed by atoms with E-state index in [-0.39, 0.29) is 6.16 Å². The van der Waals surface area contributed by atoms with Gasteiger partial charge in [-0.2, -0.15) is 0 Å². The first-order chi connectivity index (χ1) is 10.5. The third-order valence-corrected chi connectivity index (χ3v) is 4.37. The summed E-state index contributed by atoms with van der Waals surface area (Å²) in [5.41, 5.74) is 9.81. The second kappa shape index (κ2) is 19.1. The molecule has 5 nitrogen and oxygen atoms in total. The highest BCUT2D eigenvalue weighted by molar-refractivity contribution is 7.51. The number of nitrogens with two attached hydrogens (primary N) is 2. The van der Waals surface area contributed by atoms with Crippen LogP contribution >= 0.6 is 7.60 Å². The van der Waals surface area contributed by atoms with Crippen molar-refractivity contribution < 1.29 is 14.4 Å². The lowest BCUT2D eigenvalue weighted by atomic mass is 10.1. The molecule has 6 heteroatoms. The van der Waals surface area contributed by atoms with Gasteiger partial charge in [-0.25, -0.2) is 0 Å². The minimum absolute atomic E-state index is 0.0599. The summed E-state index contributed by atoms with van der Waals surface area (Å²) >= 11 is 0. The molecule has 0 fully saturated rings. The number of hydrogen-bond donors (Lipinski definition) is 4. The van der Waals surface area contributed by atoms with Crippen molar-refractivity contribution in [2.45, 2.75) is 84.0 Å². The van der Waals surface area contributed by atoms with E-state index in [0.29, 0.717) is 19.5 Å². The highest BCUT2D eigenvalue weighted by atomic mass is 31.2. The van der Waals surface area contributed by atoms with E-state index in [1.165, 1.54) is 57.8 Å². The molecule has 0 aromatic heterocycles. The molecule has 0 bridgehead atoms. The van der Waals surface area contributed by atoms with Crippen LogP contribution in [0.15, 0.2) is 0 Å². The van der Waals surface area contributed by atoms with Crippen LogP contribution in [0.25, 0.3) is 0 Å². The predicted octanol–water partition coefficient (Wildman–Crippen LogP) is 3.77. The third-order valence-electron chi connectivity index (χ3n) is 3.47. The molecule has 0 amide bonds. The molecule has 0 radical (unpaired) electrons. The van der Waals surface area contributed by atoms with E-state index < -0.39 is 7.60 Å². The van der Waals surface area contributed by atoms with Crippen LogP contribution in [0.3, 0.4) is 0 Å². The summed E-state index contributed by atoms with van der Waals surface area (Å²) in [6, 6.07) is 0. The van der Waals surface area contributed by atoms with E-state index in [2.05, 4.69) is 6.92 Å². The quantitative estimate of drug-likeness (QED) is 0.285. The van der Waals surface area contributed by atoms with Crippen molar-refractivity contribution in [2.75, 3.05) is 19.3 Å². The SMILES string of the molecule is CCCCCCCCCCCCCCP(=O)(O)O.NCCN. The van der Waals surface area contributed by atoms with Gasteiger partial charge in [0.05, 0.1) is 0 Å². The summed E-state index contributed by atoms with van der Waals surface area (Å²) in [5.74, 6) is 0. The van der Waals surface area contributed by atoms with E-state index in [9.17, 15) is 4.57 Å². The van der Waals surface area contributed by atoms with Crippen molar-refractivity contribution in [3.8, 4) is 0 Å². The van der Waals surface area contributed by atoms with Gasteiger partial charge in [0.2, 0.25) is 0 Å². The second-order valence-corrected chi connectivity index (χ2v) is 7.63. The summed E-state index contributed by atoms with van der Waals surface area (Å²) in [6.07, 6.45) is 14.8. The van der Waals surface area contributed by atoms with Crippen LogP contribution in [0.4, 0.5) is 0 Å². The lowest BCUT2D eigenvalue weighted by Gasteiger charge is -2.04. The highest BCUT2D eigenvalue weighted by Gasteiger charge is 2.10. The van der Waals surface area contributed by atoms with E-state index in [1.54, 1.807) is 0 Å². The van der Waals surface area contributed by atoms with Crippen LogP contribution in [0.2, 0.25) is 0 Å². The molecule has 0 rings (SSSR count). The van der Waals surface area contributed by atoms with Crippen LogP contribution in [-0.2, 0) is 4.57 Å². The average Bonchev–Trinajstić information content (AvgIpc) is 2.47. The molecule has 0 heterocycles. The van der Waals surface area contributed by atoms with Gasteiger partial charge in [0, 0.05) is 19.3 Å². The van der Waals surface area contributed by atoms with E-state index in [0.717, 1.165) is 12.8 Å². The Bertz CT molecular complexity index is 246. The van der Waals surface area contributed by atoms with E-state index in [4.69, 9.17) is 21.3 Å². The van der Waals surface area contributed by atoms with Crippen LogP contribution < -0.4 is 11.5 Å². The normalized spacial score (nSPS) is 11.1. The van der Waals surface area contributed by atoms with Gasteiger partial charge in [-0.05, 0) is 6.42 Å². The first-order valence-corrected chi connectivity index (χ1v) is 10.7. The Morgan fingerprint density at radius 1 is 0.682 bits per heavy atom. The summed E-state index contributed by atoms with van der Waals surface area (Å²) in [4.78, 5) is 17.4. The van der Waals surface area contributed by atoms with Crippen molar-refractivity contribution in [1.82, 2.24) is 0 Å². The van der Waals surface area contributed by atoms with Gasteiger partial charge >= 0.3 is 7.60 Å². The molecule has 22 heavy (non-hydrogen) atoms. The van der Waals surface area contributed by atoms with Crippen LogP contribution in [0.1, 0.15) is 84.0 Å². The minimum atomic E-state index is -3.75. The Morgan fingerprint density at radius 2 is 1.00 bits per heavy atom. The van der Waals surface area contributed by atoms with Crippen molar-refractivity contribution in [2.24, 2.45) is 11.5 Å². The lowest BCUT2D eigenvalue weighted by Crippen LogP contribution is -2.11. The molecular weight excluding hydrogens is 299 g/mol. The van der Waals surface area contributed by atoms with Gasteiger partial charge < -0.3 is 21.3 Å². The molecule has 0 atom stereocenters. The smallest absolute Gasteiger partial charge is 0.325 e. The van der Waals surface area contributed by atoms with Crippen molar-refractivity contribution >= 4 is 7.60 Å². The Hall–Kier alpha value is 0.0700. The molecular formula is C16H39N2O3P. The second-order valence-electron chi connectivity index (χ2n) is 5.85. The maximum atomic E-state index is 10.6. The Balaban J connectivity index is 0. The Kier molecular flexibility index (Phi) is 21.1. The molecule has 0 aromatic rings. The standard InChI is InChI=1S/C14H31O3P.C2H8N2/c1-2-3-4-5-6-7-8-9-10-11-12-13-14-18(15,16)17;3-1-2-4/h2-14H2,1H3,(H2,15,16,17);1-4H2. The van der Waals surface area contributed by atoms with E-state index >= 15 is 0 Å². The van der Waals surface area contributed by atoms with Crippen molar-refractivity contribution in [3.05, 3.63) is 0 Å². The van der Waals surface area contributed by atoms with Crippen LogP contribution in [-0.4, -0.2) is 29.0 Å². The maximum Gasteiger partial charge on any atom is 0.325 e. The first-order valence-electron chi connectivity index (χ1n) is 8.92. The topological polar surface area (TPSA) is 110 Å². The Labute approximate surface area is 137 Å². The number of unbranched alkanes of at least 4 members (excludes halogenated alkanes) is 11. The third kappa shape index (κ3) is 28.3. The molecule has 136 valence electrons. The zero-order valence-corrected chi connectivity index (χ0v) is 15.4. The Morgan fingerprint density at radius 3 is 1.27 bits per heavy atom. The number of rotatable bonds is 14. The van der Waals surface area contributed by atoms with Gasteiger partial charge in [-0.15, -0.1) is 0 Å². The summed E-state index contributed by atoms with van der Waals surface area (Å²) in [5, 5.41) is 0. The van der Waals surface area contributed by atoms with Gasteiger partial charge in [0.1, 0.15) is 0 Å². The maximum absolute atomic E-state index is 10.6. The summed E-state index contributed by atoms with van der Waals surface area (Å²) in [6.45, 7) is 3.44. The fraction of sp³-hybridized carbons (Fsp3) is 1.00. The zero-order chi connectivity index (χ0) is 17.1. The molecule has 0 spiro atoms. The molecule has 0 aromatic carbocycles. The van der Waals surface area contributed by atoms with Gasteiger partial charge in [0.25, 0.3) is 0 Å². The molecule has 0 unspecified atom stereocenters. The highest BCUT2D eigenvalue weighted by Crippen LogP contribution is 2.35. The average molecular weight is 338 g/mol. The molecule has 0 aliphatic carbocycles. The van der Waals surface area contributed by atoms with Crippen LogP contribution in [0, 0.1) is 0 Å². The number of hydrogen-bond acceptors (Lipinski definition) is 3. The molecule has 0 aliphatic heterocycles. The van der Waals surface area contributed by atoms with Gasteiger partial charge in [-0.1, -0.05) is 77.6 Å². The van der Waals surface area contributed by atoms with Crippen molar-refractivity contribution in [3.63, 3.8) is 0 Å². The minimum Gasteiger partial charge on any atom is -0.329 e. The molecule has 6 N–H and O–H groups in total. The predicted molar refractivity (Wildman–Crippen MR) is 96.1 cm³/mol. The molecule has 0 saturated heterocycles. The molecule has 0 saturated carbocycles. The summed E-state index contributed by atoms with van der Waals surface area (Å²) in [7, 11) is -3.75. The van der Waals surface area contributed by atoms with Gasteiger partial charge in [0.15, 0.2) is 0 Å². The van der Waals surface area contributed by atoms with E-state index in [1.807, 2.05) is 0 Å². The monoisotopic (exact) mass is 338 g/mol. The first kappa shape index (κ1) is 24.3. The zero-order valence-electron chi connectivity index (χ0n) is 14.5. The molecule has 0 aliphatic rings. The summed E-state index contributed by atoms with van der Waals surface area (Å²) < 4.78 is 10.6. The fourth-order valence-electron chi connectivity index (χ4n) is 2.16. The van der Waals surface area contributed by atoms with Crippen LogP contribution in [0.5, 0.6) is 0 Å².